The van der Waals surface area contributed by atoms with Crippen LogP contribution in [0.25, 0.3) is 66.1 Å². The molecule has 0 spiro atoms. The highest BCUT2D eigenvalue weighted by molar-refractivity contribution is 6.22. The van der Waals surface area contributed by atoms with Gasteiger partial charge in [0.2, 0.25) is 0 Å². The molecule has 11 aromatic rings. The van der Waals surface area contributed by atoms with Crippen molar-refractivity contribution < 1.29 is 4.42 Å². The molecule has 0 N–H and O–H groups in total. The van der Waals surface area contributed by atoms with Crippen LogP contribution in [0.2, 0.25) is 0 Å². The summed E-state index contributed by atoms with van der Waals surface area (Å²) in [5.41, 5.74) is 14.8. The Hall–Kier alpha value is -8.14. The zero-order valence-electron chi connectivity index (χ0n) is 33.4. The fourth-order valence-corrected chi connectivity index (χ4v) is 8.76. The highest BCUT2D eigenvalue weighted by Crippen LogP contribution is 2.53. The maximum atomic E-state index is 6.96. The first kappa shape index (κ1) is 36.0. The fourth-order valence-electron chi connectivity index (χ4n) is 8.76. The van der Waals surface area contributed by atoms with E-state index in [1.807, 2.05) is 0 Å². The first-order valence-electron chi connectivity index (χ1n) is 20.8. The molecule has 0 aliphatic carbocycles. The van der Waals surface area contributed by atoms with Crippen LogP contribution in [0.3, 0.4) is 0 Å². The van der Waals surface area contributed by atoms with Crippen LogP contribution in [0.1, 0.15) is 0 Å². The minimum Gasteiger partial charge on any atom is -0.455 e. The molecular formula is C58H40N2O. The molecule has 0 saturated carbocycles. The number of rotatable bonds is 9. The lowest BCUT2D eigenvalue weighted by Crippen LogP contribution is -2.18. The number of nitrogens with zero attached hydrogens (tertiary/aromatic N) is 2. The van der Waals surface area contributed by atoms with Gasteiger partial charge in [-0.15, -0.1) is 0 Å². The molecule has 3 heteroatoms. The van der Waals surface area contributed by atoms with E-state index in [-0.39, 0.29) is 0 Å². The van der Waals surface area contributed by atoms with Crippen molar-refractivity contribution in [1.29, 1.82) is 0 Å². The van der Waals surface area contributed by atoms with Gasteiger partial charge in [-0.05, 0) is 93.9 Å². The van der Waals surface area contributed by atoms with Gasteiger partial charge >= 0.3 is 0 Å². The van der Waals surface area contributed by atoms with Gasteiger partial charge in [0, 0.05) is 33.4 Å². The summed E-state index contributed by atoms with van der Waals surface area (Å²) >= 11 is 0. The van der Waals surface area contributed by atoms with Crippen LogP contribution in [0.4, 0.5) is 34.1 Å². The quantitative estimate of drug-likeness (QED) is 0.145. The summed E-state index contributed by atoms with van der Waals surface area (Å²) in [4.78, 5) is 4.84. The third-order valence-electron chi connectivity index (χ3n) is 11.7. The summed E-state index contributed by atoms with van der Waals surface area (Å²) < 4.78 is 6.96. The standard InChI is InChI=1S/C58H40N2O/c1-5-17-41(18-6-1)43-29-34-48(35-30-43)59(47-24-11-4-12-25-47)57-54(39-40-55-56(57)52-38-33-46-23-13-14-27-51(46)58(52)61-55)60(49-36-31-44(32-37-49)42-19-7-2-8-20-42)53-28-16-15-26-50(53)45-21-9-3-10-22-45/h1-40H. The van der Waals surface area contributed by atoms with Crippen LogP contribution in [0.15, 0.2) is 247 Å². The Labute approximate surface area is 355 Å². The van der Waals surface area contributed by atoms with Gasteiger partial charge in [-0.25, -0.2) is 0 Å². The molecule has 10 aromatic carbocycles. The van der Waals surface area contributed by atoms with E-state index >= 15 is 0 Å². The maximum absolute atomic E-state index is 6.96. The molecule has 61 heavy (non-hydrogen) atoms. The summed E-state index contributed by atoms with van der Waals surface area (Å²) in [5.74, 6) is 0. The summed E-state index contributed by atoms with van der Waals surface area (Å²) in [7, 11) is 0. The van der Waals surface area contributed by atoms with Crippen LogP contribution in [0, 0.1) is 0 Å². The van der Waals surface area contributed by atoms with Crippen molar-refractivity contribution in [1.82, 2.24) is 0 Å². The molecule has 0 amide bonds. The third-order valence-corrected chi connectivity index (χ3v) is 11.7. The van der Waals surface area contributed by atoms with E-state index in [1.54, 1.807) is 0 Å². The molecule has 0 aliphatic rings. The monoisotopic (exact) mass is 780 g/mol. The molecule has 0 saturated heterocycles. The maximum Gasteiger partial charge on any atom is 0.143 e. The number of hydrogen-bond acceptors (Lipinski definition) is 3. The highest BCUT2D eigenvalue weighted by atomic mass is 16.3. The van der Waals surface area contributed by atoms with Gasteiger partial charge in [-0.2, -0.15) is 0 Å². The van der Waals surface area contributed by atoms with E-state index in [4.69, 9.17) is 4.42 Å². The lowest BCUT2D eigenvalue weighted by atomic mass is 9.99. The molecule has 0 radical (unpaired) electrons. The van der Waals surface area contributed by atoms with E-state index in [0.29, 0.717) is 0 Å². The molecule has 1 heterocycles. The predicted octanol–water partition coefficient (Wildman–Crippen LogP) is 16.7. The Morgan fingerprint density at radius 3 is 1.43 bits per heavy atom. The number of fused-ring (bicyclic) bond motifs is 5. The van der Waals surface area contributed by atoms with Crippen LogP contribution in [-0.4, -0.2) is 0 Å². The third kappa shape index (κ3) is 6.59. The molecule has 3 nitrogen and oxygen atoms in total. The van der Waals surface area contributed by atoms with Gasteiger partial charge < -0.3 is 14.2 Å². The second kappa shape index (κ2) is 15.6. The van der Waals surface area contributed by atoms with Crippen LogP contribution < -0.4 is 9.80 Å². The summed E-state index contributed by atoms with van der Waals surface area (Å²) in [6.07, 6.45) is 0. The highest BCUT2D eigenvalue weighted by Gasteiger charge is 2.29. The van der Waals surface area contributed by atoms with Crippen molar-refractivity contribution in [3.05, 3.63) is 243 Å². The van der Waals surface area contributed by atoms with E-state index in [1.165, 1.54) is 11.1 Å². The number of benzene rings is 10. The Bertz CT molecular complexity index is 3270. The SMILES string of the molecule is c1ccc(-c2ccc(N(c3ccccc3-c3ccccc3)c3ccc4oc5c6ccccc6ccc5c4c3N(c3ccccc3)c3ccc(-c4ccccc4)cc3)cc2)cc1. The molecule has 0 aliphatic heterocycles. The average Bonchev–Trinajstić information content (AvgIpc) is 3.74. The summed E-state index contributed by atoms with van der Waals surface area (Å²) in [6.45, 7) is 0. The zero-order chi connectivity index (χ0) is 40.5. The summed E-state index contributed by atoms with van der Waals surface area (Å²) in [6, 6.07) is 86.5. The molecule has 11 rings (SSSR count). The molecule has 288 valence electrons. The number of anilines is 6. The van der Waals surface area contributed by atoms with E-state index in [0.717, 1.165) is 89.1 Å². The Balaban J connectivity index is 1.24. The van der Waals surface area contributed by atoms with E-state index in [9.17, 15) is 0 Å². The smallest absolute Gasteiger partial charge is 0.143 e. The summed E-state index contributed by atoms with van der Waals surface area (Å²) in [5, 5.41) is 4.33. The molecule has 0 atom stereocenters. The molecule has 1 aromatic heterocycles. The van der Waals surface area contributed by atoms with Gasteiger partial charge in [0.1, 0.15) is 11.2 Å². The Kier molecular flexibility index (Phi) is 9.18. The van der Waals surface area contributed by atoms with Gasteiger partial charge in [0.05, 0.1) is 22.4 Å². The van der Waals surface area contributed by atoms with Crippen molar-refractivity contribution in [3.8, 4) is 33.4 Å². The number of furan rings is 1. The fraction of sp³-hybridized carbons (Fsp3) is 0. The second-order valence-corrected chi connectivity index (χ2v) is 15.3. The van der Waals surface area contributed by atoms with Gasteiger partial charge in [-0.3, -0.25) is 0 Å². The number of para-hydroxylation sites is 2. The minimum atomic E-state index is 0.822. The number of hydrogen-bond donors (Lipinski definition) is 0. The first-order chi connectivity index (χ1) is 30.3. The molecule has 0 fully saturated rings. The predicted molar refractivity (Wildman–Crippen MR) is 257 cm³/mol. The van der Waals surface area contributed by atoms with Crippen LogP contribution >= 0.6 is 0 Å². The van der Waals surface area contributed by atoms with Crippen LogP contribution in [-0.2, 0) is 0 Å². The lowest BCUT2D eigenvalue weighted by molar-refractivity contribution is 0.672. The topological polar surface area (TPSA) is 19.6 Å². The van der Waals surface area contributed by atoms with E-state index in [2.05, 4.69) is 252 Å². The minimum absolute atomic E-state index is 0.822. The largest absolute Gasteiger partial charge is 0.455 e. The van der Waals surface area contributed by atoms with Crippen molar-refractivity contribution in [2.75, 3.05) is 9.80 Å². The first-order valence-corrected chi connectivity index (χ1v) is 20.8. The van der Waals surface area contributed by atoms with Crippen molar-refractivity contribution in [2.24, 2.45) is 0 Å². The molecule has 0 unspecified atom stereocenters. The van der Waals surface area contributed by atoms with Crippen molar-refractivity contribution in [2.45, 2.75) is 0 Å². The lowest BCUT2D eigenvalue weighted by Gasteiger charge is -2.34. The van der Waals surface area contributed by atoms with Gasteiger partial charge in [0.25, 0.3) is 0 Å². The van der Waals surface area contributed by atoms with Crippen LogP contribution in [0.5, 0.6) is 0 Å². The van der Waals surface area contributed by atoms with Gasteiger partial charge in [-0.1, -0.05) is 182 Å². The van der Waals surface area contributed by atoms with Crippen molar-refractivity contribution in [3.63, 3.8) is 0 Å². The normalized spacial score (nSPS) is 11.3. The zero-order valence-corrected chi connectivity index (χ0v) is 33.4. The average molecular weight is 781 g/mol. The Morgan fingerprint density at radius 2 is 0.787 bits per heavy atom. The second-order valence-electron chi connectivity index (χ2n) is 15.3. The molecule has 0 bridgehead atoms. The van der Waals surface area contributed by atoms with Gasteiger partial charge in [0.15, 0.2) is 0 Å². The molecular weight excluding hydrogens is 741 g/mol. The van der Waals surface area contributed by atoms with Crippen molar-refractivity contribution >= 4 is 66.8 Å². The van der Waals surface area contributed by atoms with E-state index < -0.39 is 0 Å². The Morgan fingerprint density at radius 1 is 0.295 bits per heavy atom.